The maximum absolute atomic E-state index is 4.17. The fourth-order valence-corrected chi connectivity index (χ4v) is 2.02. The molecular formula is C15H14N4. The van der Waals surface area contributed by atoms with Crippen LogP contribution in [-0.2, 0) is 6.54 Å². The lowest BCUT2D eigenvalue weighted by molar-refractivity contribution is 1.00. The van der Waals surface area contributed by atoms with Crippen LogP contribution in [0.25, 0.3) is 10.8 Å². The number of hydrogen-bond donors (Lipinski definition) is 1. The van der Waals surface area contributed by atoms with E-state index in [4.69, 9.17) is 0 Å². The van der Waals surface area contributed by atoms with Crippen molar-refractivity contribution in [3.05, 3.63) is 60.0 Å². The molecule has 3 rings (SSSR count). The molecule has 1 N–H and O–H groups in total. The standard InChI is InChI=1S/C15H14N4/c1-11-6-7-16-8-13(11)9-17-15-14-5-3-2-4-12(14)10-18-19-15/h2-8,10H,9H2,1H3,(H,17,19). The summed E-state index contributed by atoms with van der Waals surface area (Å²) < 4.78 is 0. The Hall–Kier alpha value is -2.49. The van der Waals surface area contributed by atoms with Crippen LogP contribution in [0.3, 0.4) is 0 Å². The van der Waals surface area contributed by atoms with Gasteiger partial charge >= 0.3 is 0 Å². The Labute approximate surface area is 111 Å². The monoisotopic (exact) mass is 250 g/mol. The summed E-state index contributed by atoms with van der Waals surface area (Å²) >= 11 is 0. The summed E-state index contributed by atoms with van der Waals surface area (Å²) in [7, 11) is 0. The maximum Gasteiger partial charge on any atom is 0.156 e. The average molecular weight is 250 g/mol. The van der Waals surface area contributed by atoms with E-state index >= 15 is 0 Å². The molecule has 0 atom stereocenters. The topological polar surface area (TPSA) is 50.7 Å². The molecule has 3 aromatic rings. The molecule has 0 amide bonds. The first-order chi connectivity index (χ1) is 9.34. The lowest BCUT2D eigenvalue weighted by atomic mass is 10.1. The minimum Gasteiger partial charge on any atom is -0.364 e. The second kappa shape index (κ2) is 5.02. The van der Waals surface area contributed by atoms with E-state index in [1.807, 2.05) is 36.5 Å². The van der Waals surface area contributed by atoms with Crippen molar-refractivity contribution in [2.75, 3.05) is 5.32 Å². The van der Waals surface area contributed by atoms with Gasteiger partial charge in [0.2, 0.25) is 0 Å². The number of nitrogens with one attached hydrogen (secondary N) is 1. The summed E-state index contributed by atoms with van der Waals surface area (Å²) in [6.45, 7) is 2.77. The molecule has 0 radical (unpaired) electrons. The third kappa shape index (κ3) is 2.38. The highest BCUT2D eigenvalue weighted by atomic mass is 15.2. The summed E-state index contributed by atoms with van der Waals surface area (Å²) in [5, 5.41) is 13.7. The SMILES string of the molecule is Cc1ccncc1CNc1nncc2ccccc12. The molecule has 94 valence electrons. The van der Waals surface area contributed by atoms with Gasteiger partial charge in [-0.05, 0) is 24.1 Å². The largest absolute Gasteiger partial charge is 0.364 e. The molecule has 0 spiro atoms. The highest BCUT2D eigenvalue weighted by molar-refractivity contribution is 5.90. The van der Waals surface area contributed by atoms with Gasteiger partial charge in [0.1, 0.15) is 0 Å². The first-order valence-corrected chi connectivity index (χ1v) is 6.18. The van der Waals surface area contributed by atoms with Gasteiger partial charge in [-0.3, -0.25) is 4.98 Å². The van der Waals surface area contributed by atoms with Crippen LogP contribution in [0.5, 0.6) is 0 Å². The van der Waals surface area contributed by atoms with Gasteiger partial charge in [-0.2, -0.15) is 5.10 Å². The van der Waals surface area contributed by atoms with Crippen LogP contribution in [0, 0.1) is 6.92 Å². The predicted octanol–water partition coefficient (Wildman–Crippen LogP) is 2.95. The Morgan fingerprint density at radius 3 is 2.89 bits per heavy atom. The Morgan fingerprint density at radius 2 is 2.00 bits per heavy atom. The zero-order valence-corrected chi connectivity index (χ0v) is 10.7. The molecule has 0 aliphatic heterocycles. The van der Waals surface area contributed by atoms with Crippen molar-refractivity contribution >= 4 is 16.6 Å². The summed E-state index contributed by atoms with van der Waals surface area (Å²) in [4.78, 5) is 4.14. The number of pyridine rings is 1. The molecule has 0 unspecified atom stereocenters. The van der Waals surface area contributed by atoms with Gasteiger partial charge in [0.05, 0.1) is 6.20 Å². The minimum absolute atomic E-state index is 0.697. The van der Waals surface area contributed by atoms with Gasteiger partial charge in [-0.25, -0.2) is 0 Å². The quantitative estimate of drug-likeness (QED) is 0.776. The molecule has 0 saturated carbocycles. The van der Waals surface area contributed by atoms with Crippen LogP contribution in [0.15, 0.2) is 48.9 Å². The molecule has 0 bridgehead atoms. The number of nitrogens with zero attached hydrogens (tertiary/aromatic N) is 3. The summed E-state index contributed by atoms with van der Waals surface area (Å²) in [6.07, 6.45) is 5.45. The van der Waals surface area contributed by atoms with Crippen molar-refractivity contribution in [1.82, 2.24) is 15.2 Å². The molecule has 0 saturated heterocycles. The number of hydrogen-bond acceptors (Lipinski definition) is 4. The smallest absolute Gasteiger partial charge is 0.156 e. The highest BCUT2D eigenvalue weighted by Gasteiger charge is 2.03. The first-order valence-electron chi connectivity index (χ1n) is 6.18. The lowest BCUT2D eigenvalue weighted by Crippen LogP contribution is -2.04. The van der Waals surface area contributed by atoms with Crippen molar-refractivity contribution in [2.24, 2.45) is 0 Å². The van der Waals surface area contributed by atoms with E-state index in [2.05, 4.69) is 27.4 Å². The van der Waals surface area contributed by atoms with Crippen LogP contribution < -0.4 is 5.32 Å². The van der Waals surface area contributed by atoms with Gasteiger partial charge in [0.15, 0.2) is 5.82 Å². The van der Waals surface area contributed by atoms with Crippen molar-refractivity contribution in [3.8, 4) is 0 Å². The third-order valence-electron chi connectivity index (χ3n) is 3.16. The fraction of sp³-hybridized carbons (Fsp3) is 0.133. The zero-order valence-electron chi connectivity index (χ0n) is 10.7. The minimum atomic E-state index is 0.697. The van der Waals surface area contributed by atoms with E-state index in [0.29, 0.717) is 6.54 Å². The van der Waals surface area contributed by atoms with Crippen LogP contribution >= 0.6 is 0 Å². The zero-order chi connectivity index (χ0) is 13.1. The number of aromatic nitrogens is 3. The van der Waals surface area contributed by atoms with Gasteiger partial charge < -0.3 is 5.32 Å². The highest BCUT2D eigenvalue weighted by Crippen LogP contribution is 2.20. The second-order valence-electron chi connectivity index (χ2n) is 4.44. The maximum atomic E-state index is 4.17. The van der Waals surface area contributed by atoms with Crippen LogP contribution in [0.2, 0.25) is 0 Å². The average Bonchev–Trinajstić information content (AvgIpc) is 2.46. The van der Waals surface area contributed by atoms with E-state index in [1.165, 1.54) is 5.56 Å². The number of benzene rings is 1. The predicted molar refractivity (Wildman–Crippen MR) is 75.8 cm³/mol. The van der Waals surface area contributed by atoms with E-state index in [9.17, 15) is 0 Å². The molecule has 19 heavy (non-hydrogen) atoms. The number of rotatable bonds is 3. The van der Waals surface area contributed by atoms with Gasteiger partial charge in [0, 0.05) is 29.7 Å². The fourth-order valence-electron chi connectivity index (χ4n) is 2.02. The van der Waals surface area contributed by atoms with Gasteiger partial charge in [0.25, 0.3) is 0 Å². The molecular weight excluding hydrogens is 236 g/mol. The Balaban J connectivity index is 1.88. The Bertz CT molecular complexity index is 704. The Kier molecular flexibility index (Phi) is 3.06. The second-order valence-corrected chi connectivity index (χ2v) is 4.44. The van der Waals surface area contributed by atoms with Crippen LogP contribution in [0.4, 0.5) is 5.82 Å². The number of anilines is 1. The van der Waals surface area contributed by atoms with Crippen molar-refractivity contribution in [1.29, 1.82) is 0 Å². The lowest BCUT2D eigenvalue weighted by Gasteiger charge is -2.09. The molecule has 0 fully saturated rings. The van der Waals surface area contributed by atoms with Crippen LogP contribution in [-0.4, -0.2) is 15.2 Å². The molecule has 2 heterocycles. The van der Waals surface area contributed by atoms with E-state index in [1.54, 1.807) is 12.4 Å². The van der Waals surface area contributed by atoms with Gasteiger partial charge in [-0.15, -0.1) is 5.10 Å². The number of aryl methyl sites for hydroxylation is 1. The van der Waals surface area contributed by atoms with Gasteiger partial charge in [-0.1, -0.05) is 24.3 Å². The molecule has 0 aliphatic rings. The van der Waals surface area contributed by atoms with E-state index in [0.717, 1.165) is 22.2 Å². The van der Waals surface area contributed by atoms with E-state index < -0.39 is 0 Å². The molecule has 2 aromatic heterocycles. The number of fused-ring (bicyclic) bond motifs is 1. The summed E-state index contributed by atoms with van der Waals surface area (Å²) in [5.41, 5.74) is 2.38. The van der Waals surface area contributed by atoms with Crippen molar-refractivity contribution < 1.29 is 0 Å². The van der Waals surface area contributed by atoms with E-state index in [-0.39, 0.29) is 0 Å². The summed E-state index contributed by atoms with van der Waals surface area (Å²) in [6, 6.07) is 10.1. The molecule has 4 heteroatoms. The molecule has 1 aromatic carbocycles. The van der Waals surface area contributed by atoms with Crippen molar-refractivity contribution in [3.63, 3.8) is 0 Å². The van der Waals surface area contributed by atoms with Crippen LogP contribution in [0.1, 0.15) is 11.1 Å². The summed E-state index contributed by atoms with van der Waals surface area (Å²) in [5.74, 6) is 0.807. The van der Waals surface area contributed by atoms with Crippen molar-refractivity contribution in [2.45, 2.75) is 13.5 Å². The normalized spacial score (nSPS) is 10.6. The third-order valence-corrected chi connectivity index (χ3v) is 3.16. The molecule has 4 nitrogen and oxygen atoms in total. The first kappa shape index (κ1) is 11.6. The Morgan fingerprint density at radius 1 is 1.11 bits per heavy atom. The molecule has 0 aliphatic carbocycles.